The molecule has 36 heavy (non-hydrogen) atoms. The van der Waals surface area contributed by atoms with Crippen molar-refractivity contribution < 1.29 is 13.6 Å². The summed E-state index contributed by atoms with van der Waals surface area (Å²) < 4.78 is 30.5. The van der Waals surface area contributed by atoms with Crippen LogP contribution in [0.1, 0.15) is 27.9 Å². The van der Waals surface area contributed by atoms with Gasteiger partial charge in [-0.3, -0.25) is 14.5 Å². The van der Waals surface area contributed by atoms with Crippen LogP contribution >= 0.6 is 0 Å². The third-order valence-electron chi connectivity index (χ3n) is 6.03. The Morgan fingerprint density at radius 3 is 2.39 bits per heavy atom. The molecule has 0 saturated carbocycles. The van der Waals surface area contributed by atoms with E-state index in [-0.39, 0.29) is 11.0 Å². The van der Waals surface area contributed by atoms with Crippen LogP contribution in [0.25, 0.3) is 11.1 Å². The van der Waals surface area contributed by atoms with Gasteiger partial charge in [0.2, 0.25) is 13.7 Å². The molecule has 0 aliphatic rings. The zero-order valence-corrected chi connectivity index (χ0v) is 20.2. The summed E-state index contributed by atoms with van der Waals surface area (Å²) in [5.74, 6) is -1.67. The van der Waals surface area contributed by atoms with E-state index in [4.69, 9.17) is 5.26 Å². The number of benzene rings is 2. The number of nitrogens with zero attached hydrogens (tertiary/aromatic N) is 5. The average Bonchev–Trinajstić information content (AvgIpc) is 3.20. The molecule has 0 aliphatic carbocycles. The fourth-order valence-corrected chi connectivity index (χ4v) is 4.09. The number of aryl methyl sites for hydroxylation is 2. The van der Waals surface area contributed by atoms with Gasteiger partial charge in [0, 0.05) is 43.7 Å². The van der Waals surface area contributed by atoms with Crippen LogP contribution in [0.3, 0.4) is 0 Å². The lowest BCUT2D eigenvalue weighted by atomic mass is 9.64. The molecule has 0 atom stereocenters. The first-order valence-corrected chi connectivity index (χ1v) is 11.3. The summed E-state index contributed by atoms with van der Waals surface area (Å²) in [6.45, 7) is 4.46. The van der Waals surface area contributed by atoms with Crippen molar-refractivity contribution in [3.8, 4) is 17.2 Å². The SMILES string of the molecule is Cc1nn(C)cc1-c1ccc(CN(C=O)Cc2ccnc([B]c3c(F)cc(C#N)cc3F)c2C)cc1. The molecule has 1 amide bonds. The number of halogens is 2. The molecule has 179 valence electrons. The maximum Gasteiger partial charge on any atom is 0.225 e. The Labute approximate surface area is 209 Å². The van der Waals surface area contributed by atoms with Crippen LogP contribution in [0.15, 0.2) is 54.9 Å². The van der Waals surface area contributed by atoms with Crippen molar-refractivity contribution in [3.05, 3.63) is 94.4 Å². The maximum absolute atomic E-state index is 14.4. The van der Waals surface area contributed by atoms with Crippen molar-refractivity contribution in [2.45, 2.75) is 26.9 Å². The quantitative estimate of drug-likeness (QED) is 0.286. The molecule has 2 heterocycles. The Balaban J connectivity index is 1.50. The molecule has 2 aromatic heterocycles. The number of pyridine rings is 1. The first kappa shape index (κ1) is 24.8. The zero-order chi connectivity index (χ0) is 25.8. The Bertz CT molecular complexity index is 1440. The van der Waals surface area contributed by atoms with Gasteiger partial charge in [-0.1, -0.05) is 24.3 Å². The predicted molar refractivity (Wildman–Crippen MR) is 134 cm³/mol. The Morgan fingerprint density at radius 2 is 1.81 bits per heavy atom. The summed E-state index contributed by atoms with van der Waals surface area (Å²) in [5, 5.41) is 13.3. The summed E-state index contributed by atoms with van der Waals surface area (Å²) in [4.78, 5) is 17.7. The van der Waals surface area contributed by atoms with Crippen LogP contribution in [0.4, 0.5) is 8.78 Å². The summed E-state index contributed by atoms with van der Waals surface area (Å²) in [6, 6.07) is 13.5. The normalized spacial score (nSPS) is 10.7. The van der Waals surface area contributed by atoms with Gasteiger partial charge in [0.25, 0.3) is 0 Å². The number of carbonyl (C=O) groups excluding carboxylic acids is 1. The lowest BCUT2D eigenvalue weighted by Gasteiger charge is -2.20. The topological polar surface area (TPSA) is 74.8 Å². The van der Waals surface area contributed by atoms with Crippen LogP contribution in [0.5, 0.6) is 0 Å². The molecule has 0 saturated heterocycles. The van der Waals surface area contributed by atoms with E-state index >= 15 is 0 Å². The monoisotopic (exact) mass is 482 g/mol. The smallest absolute Gasteiger partial charge is 0.225 e. The molecule has 0 bridgehead atoms. The van der Waals surface area contributed by atoms with Gasteiger partial charge in [0.05, 0.1) is 17.3 Å². The van der Waals surface area contributed by atoms with Crippen LogP contribution in [-0.4, -0.2) is 33.4 Å². The summed E-state index contributed by atoms with van der Waals surface area (Å²) in [5.41, 5.74) is 5.56. The number of nitriles is 1. The fourth-order valence-electron chi connectivity index (χ4n) is 4.09. The highest BCUT2D eigenvalue weighted by molar-refractivity contribution is 6.67. The molecule has 6 nitrogen and oxygen atoms in total. The molecule has 0 aliphatic heterocycles. The second kappa shape index (κ2) is 10.5. The molecular formula is C27H23BF2N5O. The summed E-state index contributed by atoms with van der Waals surface area (Å²) in [7, 11) is 3.20. The number of hydrogen-bond acceptors (Lipinski definition) is 4. The second-order valence-electron chi connectivity index (χ2n) is 8.60. The molecule has 0 N–H and O–H groups in total. The van der Waals surface area contributed by atoms with Crippen LogP contribution in [0.2, 0.25) is 0 Å². The van der Waals surface area contributed by atoms with Gasteiger partial charge in [-0.05, 0) is 59.8 Å². The highest BCUT2D eigenvalue weighted by Crippen LogP contribution is 2.23. The van der Waals surface area contributed by atoms with Crippen LogP contribution < -0.4 is 11.1 Å². The van der Waals surface area contributed by atoms with Gasteiger partial charge in [-0.15, -0.1) is 0 Å². The summed E-state index contributed by atoms with van der Waals surface area (Å²) in [6.07, 6.45) is 4.29. The van der Waals surface area contributed by atoms with Crippen molar-refractivity contribution in [2.75, 3.05) is 0 Å². The van der Waals surface area contributed by atoms with Gasteiger partial charge in [0.15, 0.2) is 0 Å². The minimum Gasteiger partial charge on any atom is -0.337 e. The lowest BCUT2D eigenvalue weighted by Crippen LogP contribution is -2.36. The van der Waals surface area contributed by atoms with Crippen molar-refractivity contribution in [2.24, 2.45) is 7.05 Å². The minimum atomic E-state index is -0.836. The molecule has 4 rings (SSSR count). The number of hydrogen-bond donors (Lipinski definition) is 0. The van der Waals surface area contributed by atoms with Gasteiger partial charge in [0.1, 0.15) is 11.6 Å². The number of carbonyl (C=O) groups is 1. The van der Waals surface area contributed by atoms with Crippen LogP contribution in [-0.2, 0) is 24.9 Å². The molecule has 9 heteroatoms. The van der Waals surface area contributed by atoms with Gasteiger partial charge in [-0.2, -0.15) is 10.4 Å². The third-order valence-corrected chi connectivity index (χ3v) is 6.03. The second-order valence-corrected chi connectivity index (χ2v) is 8.60. The Morgan fingerprint density at radius 1 is 1.11 bits per heavy atom. The molecule has 4 aromatic rings. The fraction of sp³-hybridized carbons (Fsp3) is 0.185. The van der Waals surface area contributed by atoms with Crippen LogP contribution in [0, 0.1) is 36.8 Å². The van der Waals surface area contributed by atoms with Crippen molar-refractivity contribution >= 4 is 24.7 Å². The number of amides is 1. The van der Waals surface area contributed by atoms with Gasteiger partial charge >= 0.3 is 0 Å². The predicted octanol–water partition coefficient (Wildman–Crippen LogP) is 3.06. The van der Waals surface area contributed by atoms with E-state index in [9.17, 15) is 13.6 Å². The van der Waals surface area contributed by atoms with Gasteiger partial charge in [-0.25, -0.2) is 8.78 Å². The maximum atomic E-state index is 14.4. The Hall–Kier alpha value is -4.32. The van der Waals surface area contributed by atoms with E-state index in [1.165, 1.54) is 7.28 Å². The van der Waals surface area contributed by atoms with Gasteiger partial charge < -0.3 is 4.90 Å². The average molecular weight is 482 g/mol. The summed E-state index contributed by atoms with van der Waals surface area (Å²) >= 11 is 0. The number of rotatable bonds is 8. The first-order chi connectivity index (χ1) is 17.3. The third kappa shape index (κ3) is 5.33. The molecule has 0 fully saturated rings. The Kier molecular flexibility index (Phi) is 7.25. The van der Waals surface area contributed by atoms with Crippen molar-refractivity contribution in [1.82, 2.24) is 19.7 Å². The lowest BCUT2D eigenvalue weighted by molar-refractivity contribution is -0.119. The molecule has 0 spiro atoms. The highest BCUT2D eigenvalue weighted by Gasteiger charge is 2.17. The van der Waals surface area contributed by atoms with Crippen molar-refractivity contribution in [3.63, 3.8) is 0 Å². The first-order valence-electron chi connectivity index (χ1n) is 11.3. The van der Waals surface area contributed by atoms with E-state index in [2.05, 4.69) is 10.1 Å². The number of aromatic nitrogens is 3. The van der Waals surface area contributed by atoms with Crippen molar-refractivity contribution in [1.29, 1.82) is 5.26 Å². The van der Waals surface area contributed by atoms with E-state index in [1.807, 2.05) is 44.4 Å². The van der Waals surface area contributed by atoms with E-state index in [0.717, 1.165) is 46.5 Å². The van der Waals surface area contributed by atoms with E-state index in [1.54, 1.807) is 34.8 Å². The standard InChI is InChI=1S/C27H23BF2N5O/c1-17-22(8-9-32-27(17)28-26-24(29)10-20(12-31)11-25(26)30)14-35(16-36)13-19-4-6-21(7-5-19)23-15-34(3)33-18(23)2/h4-11,15-16H,13-14H2,1-3H3. The molecule has 2 aromatic carbocycles. The molecule has 1 radical (unpaired) electrons. The van der Waals surface area contributed by atoms with E-state index < -0.39 is 11.6 Å². The van der Waals surface area contributed by atoms with E-state index in [0.29, 0.717) is 24.2 Å². The largest absolute Gasteiger partial charge is 0.337 e. The molecular weight excluding hydrogens is 459 g/mol. The minimum absolute atomic E-state index is 0.0918. The highest BCUT2D eigenvalue weighted by atomic mass is 19.1. The molecule has 0 unspecified atom stereocenters. The zero-order valence-electron chi connectivity index (χ0n) is 20.2.